The van der Waals surface area contributed by atoms with Crippen molar-refractivity contribution in [3.05, 3.63) is 57.9 Å². The average molecular weight is 346 g/mol. The molecular formula is C18H16ClNO4. The number of aromatic amines is 1. The fraction of sp³-hybridized carbons (Fsp3) is 0.222. The van der Waals surface area contributed by atoms with Crippen LogP contribution in [0.2, 0.25) is 5.02 Å². The first-order chi connectivity index (χ1) is 11.6. The van der Waals surface area contributed by atoms with Crippen molar-refractivity contribution in [3.8, 4) is 11.8 Å². The van der Waals surface area contributed by atoms with E-state index in [9.17, 15) is 9.59 Å². The van der Waals surface area contributed by atoms with Gasteiger partial charge in [-0.25, -0.2) is 9.59 Å². The predicted octanol–water partition coefficient (Wildman–Crippen LogP) is 3.42. The van der Waals surface area contributed by atoms with E-state index in [-0.39, 0.29) is 30.0 Å². The molecule has 5 nitrogen and oxygen atoms in total. The second kappa shape index (κ2) is 8.23. The highest BCUT2D eigenvalue weighted by atomic mass is 35.5. The Labute approximate surface area is 144 Å². The summed E-state index contributed by atoms with van der Waals surface area (Å²) in [6, 6.07) is 6.91. The van der Waals surface area contributed by atoms with Gasteiger partial charge in [-0.15, -0.1) is 0 Å². The van der Waals surface area contributed by atoms with Crippen LogP contribution < -0.4 is 0 Å². The molecule has 6 heteroatoms. The Morgan fingerprint density at radius 1 is 1.04 bits per heavy atom. The molecule has 1 N–H and O–H groups in total. The molecular weight excluding hydrogens is 330 g/mol. The number of benzene rings is 1. The molecule has 0 fully saturated rings. The quantitative estimate of drug-likeness (QED) is 0.681. The smallest absolute Gasteiger partial charge is 0.356 e. The number of esters is 2. The third-order valence-corrected chi connectivity index (χ3v) is 3.28. The molecule has 24 heavy (non-hydrogen) atoms. The Morgan fingerprint density at radius 2 is 1.67 bits per heavy atom. The molecule has 0 saturated carbocycles. The molecule has 0 spiro atoms. The lowest BCUT2D eigenvalue weighted by atomic mass is 10.1. The van der Waals surface area contributed by atoms with Crippen LogP contribution in [0.15, 0.2) is 30.5 Å². The third kappa shape index (κ3) is 4.18. The zero-order chi connectivity index (χ0) is 17.5. The first-order valence-electron chi connectivity index (χ1n) is 7.40. The van der Waals surface area contributed by atoms with E-state index in [1.807, 2.05) is 0 Å². The summed E-state index contributed by atoms with van der Waals surface area (Å²) in [5, 5.41) is 0.599. The topological polar surface area (TPSA) is 68.4 Å². The van der Waals surface area contributed by atoms with Crippen molar-refractivity contribution in [2.24, 2.45) is 0 Å². The molecule has 0 unspecified atom stereocenters. The molecule has 0 aliphatic rings. The Kier molecular flexibility index (Phi) is 6.05. The molecule has 0 aliphatic heterocycles. The van der Waals surface area contributed by atoms with Crippen molar-refractivity contribution in [1.82, 2.24) is 4.98 Å². The highest BCUT2D eigenvalue weighted by molar-refractivity contribution is 6.30. The molecule has 1 aromatic carbocycles. The van der Waals surface area contributed by atoms with Crippen LogP contribution in [0.25, 0.3) is 0 Å². The number of aromatic nitrogens is 1. The van der Waals surface area contributed by atoms with E-state index in [4.69, 9.17) is 21.1 Å². The number of nitrogens with one attached hydrogen (secondary N) is 1. The minimum atomic E-state index is -0.576. The maximum Gasteiger partial charge on any atom is 0.356 e. The van der Waals surface area contributed by atoms with Gasteiger partial charge in [0, 0.05) is 16.8 Å². The highest BCUT2D eigenvalue weighted by Crippen LogP contribution is 2.16. The molecule has 0 atom stereocenters. The average Bonchev–Trinajstić information content (AvgIpc) is 2.99. The van der Waals surface area contributed by atoms with Crippen molar-refractivity contribution in [3.63, 3.8) is 0 Å². The molecule has 0 saturated heterocycles. The third-order valence-electron chi connectivity index (χ3n) is 3.03. The van der Waals surface area contributed by atoms with Gasteiger partial charge in [0.25, 0.3) is 0 Å². The Hall–Kier alpha value is -2.71. The molecule has 1 aromatic heterocycles. The summed E-state index contributed by atoms with van der Waals surface area (Å²) in [6.07, 6.45) is 1.40. The minimum absolute atomic E-state index is 0.126. The maximum absolute atomic E-state index is 12.0. The van der Waals surface area contributed by atoms with Crippen molar-refractivity contribution < 1.29 is 19.1 Å². The molecule has 124 valence electrons. The van der Waals surface area contributed by atoms with Crippen LogP contribution in [-0.4, -0.2) is 30.1 Å². The van der Waals surface area contributed by atoms with Crippen LogP contribution in [0, 0.1) is 11.8 Å². The van der Waals surface area contributed by atoms with E-state index in [0.29, 0.717) is 10.6 Å². The monoisotopic (exact) mass is 345 g/mol. The van der Waals surface area contributed by atoms with Gasteiger partial charge in [-0.2, -0.15) is 0 Å². The second-order valence-electron chi connectivity index (χ2n) is 4.65. The summed E-state index contributed by atoms with van der Waals surface area (Å²) >= 11 is 5.84. The summed E-state index contributed by atoms with van der Waals surface area (Å²) < 4.78 is 9.98. The van der Waals surface area contributed by atoms with Gasteiger partial charge in [0.2, 0.25) is 0 Å². The number of ether oxygens (including phenoxy) is 2. The normalized spacial score (nSPS) is 9.79. The standard InChI is InChI=1S/C18H16ClNO4/c1-3-23-17(21)15-11-20-16(18(22)24-4-2)14(15)10-7-12-5-8-13(19)9-6-12/h5-6,8-9,11,20H,3-4H2,1-2H3. The molecule has 0 amide bonds. The van der Waals surface area contributed by atoms with Gasteiger partial charge in [0.1, 0.15) is 5.69 Å². The minimum Gasteiger partial charge on any atom is -0.462 e. The van der Waals surface area contributed by atoms with Gasteiger partial charge in [-0.05, 0) is 38.1 Å². The number of carbonyl (C=O) groups excluding carboxylic acids is 2. The Balaban J connectivity index is 2.44. The molecule has 0 aliphatic carbocycles. The van der Waals surface area contributed by atoms with Gasteiger partial charge in [0.05, 0.1) is 24.3 Å². The number of halogens is 1. The molecule has 0 radical (unpaired) electrons. The van der Waals surface area contributed by atoms with Gasteiger partial charge in [-0.1, -0.05) is 23.4 Å². The zero-order valence-electron chi connectivity index (χ0n) is 13.3. The molecule has 2 rings (SSSR count). The lowest BCUT2D eigenvalue weighted by Gasteiger charge is -2.02. The fourth-order valence-electron chi connectivity index (χ4n) is 1.96. The largest absolute Gasteiger partial charge is 0.462 e. The first-order valence-corrected chi connectivity index (χ1v) is 7.77. The van der Waals surface area contributed by atoms with Gasteiger partial charge < -0.3 is 14.5 Å². The predicted molar refractivity (Wildman–Crippen MR) is 90.1 cm³/mol. The van der Waals surface area contributed by atoms with Crippen LogP contribution >= 0.6 is 11.6 Å². The van der Waals surface area contributed by atoms with Gasteiger partial charge in [0.15, 0.2) is 0 Å². The van der Waals surface area contributed by atoms with Crippen LogP contribution in [0.1, 0.15) is 45.8 Å². The second-order valence-corrected chi connectivity index (χ2v) is 5.09. The van der Waals surface area contributed by atoms with E-state index in [0.717, 1.165) is 0 Å². The summed E-state index contributed by atoms with van der Waals surface area (Å²) in [7, 11) is 0. The Bertz CT molecular complexity index is 761. The lowest BCUT2D eigenvalue weighted by Crippen LogP contribution is -2.09. The van der Waals surface area contributed by atoms with Gasteiger partial charge in [-0.3, -0.25) is 0 Å². The number of H-pyrrole nitrogens is 1. The molecule has 0 bridgehead atoms. The van der Waals surface area contributed by atoms with Crippen molar-refractivity contribution in [2.75, 3.05) is 13.2 Å². The van der Waals surface area contributed by atoms with E-state index >= 15 is 0 Å². The van der Waals surface area contributed by atoms with E-state index < -0.39 is 11.9 Å². The molecule has 1 heterocycles. The van der Waals surface area contributed by atoms with E-state index in [1.54, 1.807) is 38.1 Å². The summed E-state index contributed by atoms with van der Waals surface area (Å²) in [6.45, 7) is 3.85. The zero-order valence-corrected chi connectivity index (χ0v) is 14.1. The van der Waals surface area contributed by atoms with Gasteiger partial charge >= 0.3 is 11.9 Å². The van der Waals surface area contributed by atoms with Crippen molar-refractivity contribution in [1.29, 1.82) is 0 Å². The fourth-order valence-corrected chi connectivity index (χ4v) is 2.08. The first kappa shape index (κ1) is 17.6. The van der Waals surface area contributed by atoms with Crippen molar-refractivity contribution >= 4 is 23.5 Å². The Morgan fingerprint density at radius 3 is 2.29 bits per heavy atom. The van der Waals surface area contributed by atoms with E-state index in [1.165, 1.54) is 6.20 Å². The van der Waals surface area contributed by atoms with Crippen LogP contribution in [0.4, 0.5) is 0 Å². The summed E-state index contributed by atoms with van der Waals surface area (Å²) in [4.78, 5) is 26.8. The van der Waals surface area contributed by atoms with Crippen LogP contribution in [0.3, 0.4) is 0 Å². The number of hydrogen-bond acceptors (Lipinski definition) is 4. The summed E-state index contributed by atoms with van der Waals surface area (Å²) in [5.74, 6) is 4.63. The SMILES string of the molecule is CCOC(=O)c1c[nH]c(C(=O)OCC)c1C#Cc1ccc(Cl)cc1. The molecule has 2 aromatic rings. The van der Waals surface area contributed by atoms with Crippen LogP contribution in [0.5, 0.6) is 0 Å². The number of rotatable bonds is 4. The summed E-state index contributed by atoms with van der Waals surface area (Å²) in [5.41, 5.74) is 1.27. The number of carbonyl (C=O) groups is 2. The lowest BCUT2D eigenvalue weighted by molar-refractivity contribution is 0.0518. The maximum atomic E-state index is 12.0. The number of hydrogen-bond donors (Lipinski definition) is 1. The van der Waals surface area contributed by atoms with Crippen molar-refractivity contribution in [2.45, 2.75) is 13.8 Å². The van der Waals surface area contributed by atoms with E-state index in [2.05, 4.69) is 16.8 Å². The van der Waals surface area contributed by atoms with Crippen LogP contribution in [-0.2, 0) is 9.47 Å². The highest BCUT2D eigenvalue weighted by Gasteiger charge is 2.22.